The number of H-pyrrole nitrogens is 1. The van der Waals surface area contributed by atoms with Gasteiger partial charge in [-0.25, -0.2) is 4.79 Å². The van der Waals surface area contributed by atoms with Crippen LogP contribution in [0.4, 0.5) is 4.79 Å². The lowest BCUT2D eigenvalue weighted by molar-refractivity contribution is 0.0487. The van der Waals surface area contributed by atoms with Gasteiger partial charge in [-0.2, -0.15) is 5.10 Å². The highest BCUT2D eigenvalue weighted by atomic mass is 35.5. The van der Waals surface area contributed by atoms with E-state index in [0.717, 1.165) is 34.5 Å². The number of aliphatic hydroxyl groups is 1. The number of likely N-dealkylation sites (tertiary alicyclic amines) is 1. The molecule has 2 aliphatic rings. The predicted molar refractivity (Wildman–Crippen MR) is 126 cm³/mol. The molecule has 8 nitrogen and oxygen atoms in total. The lowest BCUT2D eigenvalue weighted by Crippen LogP contribution is -2.55. The molecule has 1 aromatic carbocycles. The zero-order valence-corrected chi connectivity index (χ0v) is 19.0. The van der Waals surface area contributed by atoms with Crippen LogP contribution >= 0.6 is 11.6 Å². The molecule has 3 aromatic rings. The van der Waals surface area contributed by atoms with Gasteiger partial charge in [0, 0.05) is 72.9 Å². The largest absolute Gasteiger partial charge is 0.392 e. The van der Waals surface area contributed by atoms with Crippen molar-refractivity contribution in [3.05, 3.63) is 70.6 Å². The molecule has 0 spiro atoms. The lowest BCUT2D eigenvalue weighted by Gasteiger charge is -2.37. The van der Waals surface area contributed by atoms with E-state index in [4.69, 9.17) is 11.6 Å². The highest BCUT2D eigenvalue weighted by Crippen LogP contribution is 2.28. The SMILES string of the molecule is O=C(N[C@@H]1CC(O)CN(Cc2ccccc2Cl)C1)N1CCc2[nH]nc(-c3ccncc3)c2C1. The fourth-order valence-corrected chi connectivity index (χ4v) is 4.94. The monoisotopic (exact) mass is 466 g/mol. The number of nitrogens with one attached hydrogen (secondary N) is 2. The highest BCUT2D eigenvalue weighted by Gasteiger charge is 2.31. The Morgan fingerprint density at radius 3 is 2.85 bits per heavy atom. The standard InChI is InChI=1S/C24H27ClN6O2/c25-21-4-2-1-3-17(21)12-30-13-18(11-19(32)14-30)27-24(33)31-10-7-22-20(15-31)23(29-28-22)16-5-8-26-9-6-16/h1-6,8-9,18-19,32H,7,10-15H2,(H,27,33)(H,28,29)/t18-,19?/m1/s1. The quantitative estimate of drug-likeness (QED) is 0.549. The Bertz CT molecular complexity index is 1120. The number of aliphatic hydroxyl groups excluding tert-OH is 1. The number of piperidine rings is 1. The Kier molecular flexibility index (Phi) is 6.30. The van der Waals surface area contributed by atoms with Crippen LogP contribution < -0.4 is 5.32 Å². The van der Waals surface area contributed by atoms with Gasteiger partial charge in [0.25, 0.3) is 0 Å². The number of nitrogens with zero attached hydrogens (tertiary/aromatic N) is 4. The number of β-amino-alcohol motifs (C(OH)–C–C–N with tert-alkyl or cyclic N) is 1. The molecule has 2 amide bonds. The average Bonchev–Trinajstić information content (AvgIpc) is 3.24. The third kappa shape index (κ3) is 4.88. The van der Waals surface area contributed by atoms with Crippen molar-refractivity contribution in [1.29, 1.82) is 0 Å². The van der Waals surface area contributed by atoms with Crippen molar-refractivity contribution in [3.8, 4) is 11.3 Å². The molecule has 5 rings (SSSR count). The number of hydrogen-bond acceptors (Lipinski definition) is 5. The number of aromatic nitrogens is 3. The summed E-state index contributed by atoms with van der Waals surface area (Å²) in [5, 5.41) is 21.9. The van der Waals surface area contributed by atoms with Gasteiger partial charge in [-0.3, -0.25) is 15.0 Å². The van der Waals surface area contributed by atoms with Crippen LogP contribution in [0, 0.1) is 0 Å². The molecule has 33 heavy (non-hydrogen) atoms. The molecule has 2 aromatic heterocycles. The molecule has 0 aliphatic carbocycles. The first kappa shape index (κ1) is 21.9. The van der Waals surface area contributed by atoms with Gasteiger partial charge in [0.15, 0.2) is 0 Å². The van der Waals surface area contributed by atoms with E-state index in [2.05, 4.69) is 25.4 Å². The van der Waals surface area contributed by atoms with Crippen molar-refractivity contribution in [2.75, 3.05) is 19.6 Å². The van der Waals surface area contributed by atoms with Gasteiger partial charge in [-0.05, 0) is 30.2 Å². The number of pyridine rings is 1. The minimum absolute atomic E-state index is 0.112. The molecule has 0 saturated carbocycles. The Balaban J connectivity index is 1.24. The summed E-state index contributed by atoms with van der Waals surface area (Å²) in [6.45, 7) is 2.99. The fourth-order valence-electron chi connectivity index (χ4n) is 4.75. The second kappa shape index (κ2) is 9.51. The molecule has 0 bridgehead atoms. The smallest absolute Gasteiger partial charge is 0.317 e. The highest BCUT2D eigenvalue weighted by molar-refractivity contribution is 6.31. The lowest BCUT2D eigenvalue weighted by atomic mass is 10.0. The Morgan fingerprint density at radius 1 is 1.21 bits per heavy atom. The molecule has 1 saturated heterocycles. The maximum Gasteiger partial charge on any atom is 0.317 e. The van der Waals surface area contributed by atoms with E-state index in [9.17, 15) is 9.90 Å². The molecule has 1 fully saturated rings. The minimum atomic E-state index is -0.494. The number of aromatic amines is 1. The van der Waals surface area contributed by atoms with Gasteiger partial charge in [-0.15, -0.1) is 0 Å². The molecule has 0 radical (unpaired) electrons. The molecule has 2 aliphatic heterocycles. The Labute approximate surface area is 197 Å². The summed E-state index contributed by atoms with van der Waals surface area (Å²) < 4.78 is 0. The van der Waals surface area contributed by atoms with E-state index in [1.54, 1.807) is 12.4 Å². The van der Waals surface area contributed by atoms with Gasteiger partial charge in [-0.1, -0.05) is 29.8 Å². The first-order valence-corrected chi connectivity index (χ1v) is 11.6. The molecule has 9 heteroatoms. The van der Waals surface area contributed by atoms with E-state index in [1.807, 2.05) is 41.3 Å². The number of fused-ring (bicyclic) bond motifs is 1. The van der Waals surface area contributed by atoms with E-state index in [0.29, 0.717) is 44.2 Å². The third-order valence-corrected chi connectivity index (χ3v) is 6.73. The summed E-state index contributed by atoms with van der Waals surface area (Å²) in [4.78, 5) is 21.2. The minimum Gasteiger partial charge on any atom is -0.392 e. The number of rotatable bonds is 4. The van der Waals surface area contributed by atoms with Crippen LogP contribution in [0.25, 0.3) is 11.3 Å². The summed E-state index contributed by atoms with van der Waals surface area (Å²) in [6, 6.07) is 11.3. The molecule has 2 atom stereocenters. The Morgan fingerprint density at radius 2 is 2.03 bits per heavy atom. The van der Waals surface area contributed by atoms with E-state index in [-0.39, 0.29) is 12.1 Å². The zero-order chi connectivity index (χ0) is 22.8. The van der Waals surface area contributed by atoms with Crippen LogP contribution in [-0.4, -0.2) is 67.9 Å². The molecule has 1 unspecified atom stereocenters. The summed E-state index contributed by atoms with van der Waals surface area (Å²) in [5.74, 6) is 0. The van der Waals surface area contributed by atoms with Crippen molar-refractivity contribution >= 4 is 17.6 Å². The molecular weight excluding hydrogens is 440 g/mol. The van der Waals surface area contributed by atoms with Crippen LogP contribution in [0.1, 0.15) is 23.2 Å². The molecule has 172 valence electrons. The molecular formula is C24H27ClN6O2. The summed E-state index contributed by atoms with van der Waals surface area (Å²) >= 11 is 6.31. The number of hydrogen-bond donors (Lipinski definition) is 3. The maximum atomic E-state index is 13.1. The van der Waals surface area contributed by atoms with E-state index >= 15 is 0 Å². The van der Waals surface area contributed by atoms with Gasteiger partial charge >= 0.3 is 6.03 Å². The van der Waals surface area contributed by atoms with Crippen LogP contribution in [0.5, 0.6) is 0 Å². The van der Waals surface area contributed by atoms with Gasteiger partial charge < -0.3 is 15.3 Å². The molecule has 3 N–H and O–H groups in total. The van der Waals surface area contributed by atoms with E-state index in [1.165, 1.54) is 0 Å². The van der Waals surface area contributed by atoms with Crippen LogP contribution in [0.2, 0.25) is 5.02 Å². The van der Waals surface area contributed by atoms with Crippen LogP contribution in [0.3, 0.4) is 0 Å². The van der Waals surface area contributed by atoms with Gasteiger partial charge in [0.1, 0.15) is 0 Å². The Hall–Kier alpha value is -2.94. The van der Waals surface area contributed by atoms with Crippen molar-refractivity contribution in [2.45, 2.75) is 38.1 Å². The average molecular weight is 467 g/mol. The number of halogens is 1. The molecule has 4 heterocycles. The van der Waals surface area contributed by atoms with Crippen molar-refractivity contribution < 1.29 is 9.90 Å². The third-order valence-electron chi connectivity index (χ3n) is 6.36. The maximum absolute atomic E-state index is 13.1. The first-order valence-electron chi connectivity index (χ1n) is 11.2. The summed E-state index contributed by atoms with van der Waals surface area (Å²) in [6.07, 6.45) is 4.26. The van der Waals surface area contributed by atoms with Crippen LogP contribution in [-0.2, 0) is 19.5 Å². The summed E-state index contributed by atoms with van der Waals surface area (Å²) in [5.41, 5.74) is 4.99. The van der Waals surface area contributed by atoms with Crippen LogP contribution in [0.15, 0.2) is 48.8 Å². The topological polar surface area (TPSA) is 97.4 Å². The second-order valence-corrected chi connectivity index (χ2v) is 9.17. The van der Waals surface area contributed by atoms with E-state index < -0.39 is 6.10 Å². The predicted octanol–water partition coefficient (Wildman–Crippen LogP) is 2.83. The number of amides is 2. The normalized spacial score (nSPS) is 21.0. The zero-order valence-electron chi connectivity index (χ0n) is 18.2. The first-order chi connectivity index (χ1) is 16.1. The summed E-state index contributed by atoms with van der Waals surface area (Å²) in [7, 11) is 0. The van der Waals surface area contributed by atoms with Gasteiger partial charge in [0.05, 0.1) is 18.3 Å². The fraction of sp³-hybridized carbons (Fsp3) is 0.375. The number of carbonyl (C=O) groups excluding carboxylic acids is 1. The van der Waals surface area contributed by atoms with Crippen molar-refractivity contribution in [2.24, 2.45) is 0 Å². The number of carbonyl (C=O) groups is 1. The van der Waals surface area contributed by atoms with Gasteiger partial charge in [0.2, 0.25) is 0 Å². The second-order valence-electron chi connectivity index (χ2n) is 8.76. The number of urea groups is 1. The van der Waals surface area contributed by atoms with Crippen molar-refractivity contribution in [3.63, 3.8) is 0 Å². The van der Waals surface area contributed by atoms with Crippen molar-refractivity contribution in [1.82, 2.24) is 30.3 Å². The number of benzene rings is 1.